The van der Waals surface area contributed by atoms with Gasteiger partial charge in [-0.2, -0.15) is 0 Å². The van der Waals surface area contributed by atoms with Gasteiger partial charge in [0, 0.05) is 32.2 Å². The summed E-state index contributed by atoms with van der Waals surface area (Å²) in [7, 11) is -1.51. The second-order valence-corrected chi connectivity index (χ2v) is 9.59. The fraction of sp³-hybridized carbons (Fsp3) is 0.455. The highest BCUT2D eigenvalue weighted by Gasteiger charge is 2.30. The number of sulfonamides is 1. The number of piperidine rings is 1. The molecule has 1 saturated heterocycles. The van der Waals surface area contributed by atoms with Crippen molar-refractivity contribution in [3.8, 4) is 0 Å². The highest BCUT2D eigenvalue weighted by Crippen LogP contribution is 2.31. The molecule has 30 heavy (non-hydrogen) atoms. The molecule has 0 saturated carbocycles. The molecule has 3 atom stereocenters. The Bertz CT molecular complexity index is 907. The number of hydrogen-bond donors (Lipinski definition) is 1. The number of rotatable bonds is 7. The summed E-state index contributed by atoms with van der Waals surface area (Å²) in [4.78, 5) is 2.36. The Morgan fingerprint density at radius 3 is 2.37 bits per heavy atom. The number of hydrogen-bond acceptors (Lipinski definition) is 4. The van der Waals surface area contributed by atoms with Crippen LogP contribution in [-0.2, 0) is 21.3 Å². The first-order valence-corrected chi connectivity index (χ1v) is 11.7. The second kappa shape index (κ2) is 10.7. The van der Waals surface area contributed by atoms with Crippen LogP contribution in [0.2, 0.25) is 0 Å². The van der Waals surface area contributed by atoms with E-state index >= 15 is 0 Å². The first kappa shape index (κ1) is 24.8. The van der Waals surface area contributed by atoms with Crippen LogP contribution in [0.4, 0.5) is 4.39 Å². The largest absolute Gasteiger partial charge is 0.379 e. The minimum absolute atomic E-state index is 0. The molecule has 0 bridgehead atoms. The van der Waals surface area contributed by atoms with E-state index in [4.69, 9.17) is 4.74 Å². The fourth-order valence-corrected chi connectivity index (χ4v) is 4.79. The van der Waals surface area contributed by atoms with Crippen molar-refractivity contribution in [3.05, 3.63) is 71.0 Å². The standard InChI is InChI=1S/C22H29FN2O3S.ClH/c1-16(24-29(3,26)27)18-6-4-17(5-7-18)14-25-13-12-21(22(15-25)28-2)19-8-10-20(23)11-9-19;/h4-11,16,21-22,24H,12-15H2,1-3H3;1H/t16-,21-,22+;/m1./s1. The first-order chi connectivity index (χ1) is 13.7. The van der Waals surface area contributed by atoms with Crippen LogP contribution in [0.15, 0.2) is 48.5 Å². The zero-order valence-electron chi connectivity index (χ0n) is 17.5. The molecule has 0 aromatic heterocycles. The van der Waals surface area contributed by atoms with Crippen molar-refractivity contribution in [1.82, 2.24) is 9.62 Å². The molecule has 2 aromatic rings. The minimum Gasteiger partial charge on any atom is -0.379 e. The third-order valence-corrected chi connectivity index (χ3v) is 6.30. The van der Waals surface area contributed by atoms with Crippen molar-refractivity contribution in [2.24, 2.45) is 0 Å². The topological polar surface area (TPSA) is 58.6 Å². The van der Waals surface area contributed by atoms with E-state index in [2.05, 4.69) is 9.62 Å². The monoisotopic (exact) mass is 456 g/mol. The molecule has 0 unspecified atom stereocenters. The lowest BCUT2D eigenvalue weighted by Gasteiger charge is -2.38. The van der Waals surface area contributed by atoms with Gasteiger partial charge in [0.15, 0.2) is 0 Å². The van der Waals surface area contributed by atoms with Crippen LogP contribution in [0.5, 0.6) is 0 Å². The van der Waals surface area contributed by atoms with E-state index < -0.39 is 10.0 Å². The summed E-state index contributed by atoms with van der Waals surface area (Å²) in [6.45, 7) is 4.39. The van der Waals surface area contributed by atoms with Crippen LogP contribution in [0.1, 0.15) is 42.0 Å². The summed E-state index contributed by atoms with van der Waals surface area (Å²) in [6.07, 6.45) is 2.18. The number of ether oxygens (including phenoxy) is 1. The summed E-state index contributed by atoms with van der Waals surface area (Å²) in [6, 6.07) is 14.5. The minimum atomic E-state index is -3.24. The maximum absolute atomic E-state index is 13.2. The van der Waals surface area contributed by atoms with E-state index in [-0.39, 0.29) is 36.3 Å². The highest BCUT2D eigenvalue weighted by molar-refractivity contribution is 7.88. The number of likely N-dealkylation sites (tertiary alicyclic amines) is 1. The molecule has 2 aromatic carbocycles. The van der Waals surface area contributed by atoms with E-state index in [1.807, 2.05) is 43.3 Å². The molecule has 0 aliphatic carbocycles. The SMILES string of the molecule is CO[C@H]1CN(Cc2ccc([C@@H](C)NS(C)(=O)=O)cc2)CC[C@@H]1c1ccc(F)cc1.Cl. The zero-order chi connectivity index (χ0) is 21.0. The predicted octanol–water partition coefficient (Wildman–Crippen LogP) is 3.86. The smallest absolute Gasteiger partial charge is 0.209 e. The van der Waals surface area contributed by atoms with Crippen molar-refractivity contribution >= 4 is 22.4 Å². The molecule has 5 nitrogen and oxygen atoms in total. The van der Waals surface area contributed by atoms with Gasteiger partial charge in [0.1, 0.15) is 5.82 Å². The molecule has 3 rings (SSSR count). The number of nitrogens with zero attached hydrogens (tertiary/aromatic N) is 1. The van der Waals surface area contributed by atoms with Crippen LogP contribution in [0.25, 0.3) is 0 Å². The molecular formula is C22H30ClFN2O3S. The third kappa shape index (κ3) is 6.75. The normalized spacial score (nSPS) is 21.1. The van der Waals surface area contributed by atoms with E-state index in [1.54, 1.807) is 7.11 Å². The number of nitrogens with one attached hydrogen (secondary N) is 1. The van der Waals surface area contributed by atoms with E-state index in [0.717, 1.165) is 37.2 Å². The lowest BCUT2D eigenvalue weighted by Crippen LogP contribution is -2.43. The number of methoxy groups -OCH3 is 1. The highest BCUT2D eigenvalue weighted by atomic mass is 35.5. The molecule has 1 heterocycles. The Kier molecular flexibility index (Phi) is 8.82. The molecular weight excluding hydrogens is 427 g/mol. The molecule has 1 fully saturated rings. The summed E-state index contributed by atoms with van der Waals surface area (Å²) >= 11 is 0. The van der Waals surface area contributed by atoms with Crippen molar-refractivity contribution in [2.75, 3.05) is 26.5 Å². The molecule has 1 aliphatic rings. The van der Waals surface area contributed by atoms with Gasteiger partial charge in [0.25, 0.3) is 0 Å². The molecule has 0 amide bonds. The van der Waals surface area contributed by atoms with Gasteiger partial charge < -0.3 is 4.74 Å². The average molecular weight is 457 g/mol. The quantitative estimate of drug-likeness (QED) is 0.687. The Balaban J connectivity index is 0.00000320. The molecule has 0 spiro atoms. The zero-order valence-corrected chi connectivity index (χ0v) is 19.2. The fourth-order valence-electron chi connectivity index (χ4n) is 4.01. The van der Waals surface area contributed by atoms with Gasteiger partial charge in [-0.05, 0) is 48.7 Å². The number of benzene rings is 2. The molecule has 166 valence electrons. The van der Waals surface area contributed by atoms with E-state index in [9.17, 15) is 12.8 Å². The van der Waals surface area contributed by atoms with Crippen molar-refractivity contribution in [2.45, 2.75) is 38.0 Å². The van der Waals surface area contributed by atoms with Crippen molar-refractivity contribution in [1.29, 1.82) is 0 Å². The molecule has 1 aliphatic heterocycles. The van der Waals surface area contributed by atoms with Gasteiger partial charge in [-0.25, -0.2) is 17.5 Å². The lowest BCUT2D eigenvalue weighted by atomic mass is 9.86. The lowest BCUT2D eigenvalue weighted by molar-refractivity contribution is 0.0118. The van der Waals surface area contributed by atoms with Gasteiger partial charge in [0.05, 0.1) is 12.4 Å². The summed E-state index contributed by atoms with van der Waals surface area (Å²) in [5, 5.41) is 0. The Morgan fingerprint density at radius 2 is 1.80 bits per heavy atom. The van der Waals surface area contributed by atoms with Gasteiger partial charge in [-0.3, -0.25) is 4.90 Å². The van der Waals surface area contributed by atoms with Crippen LogP contribution >= 0.6 is 12.4 Å². The summed E-state index contributed by atoms with van der Waals surface area (Å²) in [5.74, 6) is 0.0480. The first-order valence-electron chi connectivity index (χ1n) is 9.82. The average Bonchev–Trinajstić information content (AvgIpc) is 2.68. The second-order valence-electron chi connectivity index (χ2n) is 7.81. The molecule has 1 N–H and O–H groups in total. The third-order valence-electron chi connectivity index (χ3n) is 5.52. The van der Waals surface area contributed by atoms with Gasteiger partial charge >= 0.3 is 0 Å². The Morgan fingerprint density at radius 1 is 1.17 bits per heavy atom. The van der Waals surface area contributed by atoms with Crippen LogP contribution < -0.4 is 4.72 Å². The maximum atomic E-state index is 13.2. The maximum Gasteiger partial charge on any atom is 0.209 e. The number of halogens is 2. The predicted molar refractivity (Wildman–Crippen MR) is 120 cm³/mol. The van der Waals surface area contributed by atoms with Crippen LogP contribution in [-0.4, -0.2) is 45.9 Å². The van der Waals surface area contributed by atoms with Gasteiger partial charge in [-0.15, -0.1) is 12.4 Å². The van der Waals surface area contributed by atoms with Gasteiger partial charge in [-0.1, -0.05) is 36.4 Å². The van der Waals surface area contributed by atoms with E-state index in [1.165, 1.54) is 24.0 Å². The van der Waals surface area contributed by atoms with Crippen LogP contribution in [0.3, 0.4) is 0 Å². The molecule has 0 radical (unpaired) electrons. The summed E-state index contributed by atoms with van der Waals surface area (Å²) in [5.41, 5.74) is 3.23. The Hall–Kier alpha value is -1.51. The molecule has 8 heteroatoms. The Labute approximate surface area is 185 Å². The van der Waals surface area contributed by atoms with Gasteiger partial charge in [0.2, 0.25) is 10.0 Å². The van der Waals surface area contributed by atoms with Crippen LogP contribution in [0, 0.1) is 5.82 Å². The van der Waals surface area contributed by atoms with Crippen molar-refractivity contribution < 1.29 is 17.5 Å². The van der Waals surface area contributed by atoms with E-state index in [0.29, 0.717) is 0 Å². The summed E-state index contributed by atoms with van der Waals surface area (Å²) < 4.78 is 44.4. The van der Waals surface area contributed by atoms with Crippen molar-refractivity contribution in [3.63, 3.8) is 0 Å².